The number of rotatable bonds is 3. The Morgan fingerprint density at radius 3 is 2.56 bits per heavy atom. The van der Waals surface area contributed by atoms with Crippen LogP contribution in [0.1, 0.15) is 28.7 Å². The summed E-state index contributed by atoms with van der Waals surface area (Å²) >= 11 is 0. The van der Waals surface area contributed by atoms with Crippen molar-refractivity contribution < 1.29 is 9.53 Å². The molecule has 0 aliphatic rings. The fraction of sp³-hybridized carbons (Fsp3) is 0.286. The van der Waals surface area contributed by atoms with Crippen molar-refractivity contribution in [3.8, 4) is 5.69 Å². The first kappa shape index (κ1) is 12.4. The standard InChI is InChI=1S/C14H16N2O2/c1-4-18-14(17)13-10(2)15-16(11(13)3)12-8-6-5-7-9-12/h5-9H,4H2,1-3H3. The molecule has 2 rings (SSSR count). The molecule has 1 heterocycles. The molecule has 0 saturated carbocycles. The predicted molar refractivity (Wildman–Crippen MR) is 69.0 cm³/mol. The van der Waals surface area contributed by atoms with Crippen LogP contribution in [0.25, 0.3) is 5.69 Å². The number of carbonyl (C=O) groups excluding carboxylic acids is 1. The number of aromatic nitrogens is 2. The SMILES string of the molecule is CCOC(=O)c1c(C)nn(-c2ccccc2)c1C. The fourth-order valence-electron chi connectivity index (χ4n) is 1.96. The quantitative estimate of drug-likeness (QED) is 0.780. The zero-order valence-corrected chi connectivity index (χ0v) is 10.8. The summed E-state index contributed by atoms with van der Waals surface area (Å²) in [5, 5.41) is 4.40. The Morgan fingerprint density at radius 2 is 1.94 bits per heavy atom. The zero-order valence-electron chi connectivity index (χ0n) is 10.8. The molecule has 0 amide bonds. The van der Waals surface area contributed by atoms with E-state index < -0.39 is 0 Å². The lowest BCUT2D eigenvalue weighted by atomic mass is 10.2. The van der Waals surface area contributed by atoms with Crippen LogP contribution in [0.3, 0.4) is 0 Å². The highest BCUT2D eigenvalue weighted by Gasteiger charge is 2.20. The Kier molecular flexibility index (Phi) is 3.46. The van der Waals surface area contributed by atoms with Crippen LogP contribution in [-0.4, -0.2) is 22.4 Å². The molecule has 0 spiro atoms. The van der Waals surface area contributed by atoms with Crippen molar-refractivity contribution in [3.63, 3.8) is 0 Å². The number of ether oxygens (including phenoxy) is 1. The van der Waals surface area contributed by atoms with Crippen LogP contribution in [0, 0.1) is 13.8 Å². The van der Waals surface area contributed by atoms with Crippen LogP contribution in [0.2, 0.25) is 0 Å². The summed E-state index contributed by atoms with van der Waals surface area (Å²) in [5.74, 6) is -0.310. The molecule has 0 fully saturated rings. The minimum atomic E-state index is -0.310. The molecule has 94 valence electrons. The average Bonchev–Trinajstić information content (AvgIpc) is 2.66. The lowest BCUT2D eigenvalue weighted by molar-refractivity contribution is 0.0524. The third kappa shape index (κ3) is 2.14. The Hall–Kier alpha value is -2.10. The first-order valence-electron chi connectivity index (χ1n) is 5.94. The van der Waals surface area contributed by atoms with Gasteiger partial charge in [-0.25, -0.2) is 9.48 Å². The first-order chi connectivity index (χ1) is 8.65. The second-order valence-corrected chi connectivity index (χ2v) is 4.01. The second-order valence-electron chi connectivity index (χ2n) is 4.01. The molecule has 0 radical (unpaired) electrons. The summed E-state index contributed by atoms with van der Waals surface area (Å²) in [7, 11) is 0. The van der Waals surface area contributed by atoms with Gasteiger partial charge in [0.05, 0.1) is 23.7 Å². The molecule has 0 aliphatic carbocycles. The first-order valence-corrected chi connectivity index (χ1v) is 5.94. The van der Waals surface area contributed by atoms with Gasteiger partial charge in [0, 0.05) is 0 Å². The van der Waals surface area contributed by atoms with Gasteiger partial charge < -0.3 is 4.74 Å². The molecule has 0 unspecified atom stereocenters. The summed E-state index contributed by atoms with van der Waals surface area (Å²) < 4.78 is 6.81. The van der Waals surface area contributed by atoms with Crippen LogP contribution < -0.4 is 0 Å². The van der Waals surface area contributed by atoms with Gasteiger partial charge in [0.1, 0.15) is 5.56 Å². The van der Waals surface area contributed by atoms with Crippen molar-refractivity contribution in [2.24, 2.45) is 0 Å². The van der Waals surface area contributed by atoms with E-state index in [4.69, 9.17) is 4.74 Å². The third-order valence-electron chi connectivity index (χ3n) is 2.77. The van der Waals surface area contributed by atoms with E-state index in [9.17, 15) is 4.79 Å². The number of para-hydroxylation sites is 1. The maximum Gasteiger partial charge on any atom is 0.341 e. The van der Waals surface area contributed by atoms with Crippen molar-refractivity contribution in [3.05, 3.63) is 47.3 Å². The molecule has 4 heteroatoms. The number of nitrogens with zero attached hydrogens (tertiary/aromatic N) is 2. The highest BCUT2D eigenvalue weighted by atomic mass is 16.5. The molecule has 4 nitrogen and oxygen atoms in total. The fourth-order valence-corrected chi connectivity index (χ4v) is 1.96. The molecule has 0 bridgehead atoms. The number of aryl methyl sites for hydroxylation is 1. The van der Waals surface area contributed by atoms with E-state index in [2.05, 4.69) is 5.10 Å². The Morgan fingerprint density at radius 1 is 1.28 bits per heavy atom. The van der Waals surface area contributed by atoms with E-state index in [1.54, 1.807) is 11.6 Å². The van der Waals surface area contributed by atoms with Crippen molar-refractivity contribution in [1.82, 2.24) is 9.78 Å². The van der Waals surface area contributed by atoms with Crippen LogP contribution in [0.15, 0.2) is 30.3 Å². The zero-order chi connectivity index (χ0) is 13.1. The van der Waals surface area contributed by atoms with Crippen LogP contribution >= 0.6 is 0 Å². The Labute approximate surface area is 106 Å². The van der Waals surface area contributed by atoms with Gasteiger partial charge in [0.15, 0.2) is 0 Å². The summed E-state index contributed by atoms with van der Waals surface area (Å²) in [6, 6.07) is 9.73. The summed E-state index contributed by atoms with van der Waals surface area (Å²) in [6.07, 6.45) is 0. The van der Waals surface area contributed by atoms with E-state index in [0.717, 1.165) is 11.4 Å². The normalized spacial score (nSPS) is 10.4. The largest absolute Gasteiger partial charge is 0.462 e. The monoisotopic (exact) mass is 244 g/mol. The van der Waals surface area contributed by atoms with Gasteiger partial charge in [-0.05, 0) is 32.9 Å². The van der Waals surface area contributed by atoms with Gasteiger partial charge in [-0.15, -0.1) is 0 Å². The Bertz CT molecular complexity index is 559. The highest BCUT2D eigenvalue weighted by molar-refractivity contribution is 5.92. The predicted octanol–water partition coefficient (Wildman–Crippen LogP) is 2.67. The molecular weight excluding hydrogens is 228 g/mol. The molecule has 0 saturated heterocycles. The number of esters is 1. The Balaban J connectivity index is 2.47. The maximum absolute atomic E-state index is 11.9. The summed E-state index contributed by atoms with van der Waals surface area (Å²) in [6.45, 7) is 5.86. The van der Waals surface area contributed by atoms with Crippen molar-refractivity contribution in [2.45, 2.75) is 20.8 Å². The molecule has 2 aromatic rings. The maximum atomic E-state index is 11.9. The number of benzene rings is 1. The van der Waals surface area contributed by atoms with Gasteiger partial charge in [0.2, 0.25) is 0 Å². The second kappa shape index (κ2) is 5.04. The number of carbonyl (C=O) groups is 1. The topological polar surface area (TPSA) is 44.1 Å². The van der Waals surface area contributed by atoms with E-state index in [-0.39, 0.29) is 5.97 Å². The van der Waals surface area contributed by atoms with Crippen LogP contribution in [-0.2, 0) is 4.74 Å². The van der Waals surface area contributed by atoms with Crippen molar-refractivity contribution in [2.75, 3.05) is 6.61 Å². The van der Waals surface area contributed by atoms with Gasteiger partial charge >= 0.3 is 5.97 Å². The molecule has 1 aromatic heterocycles. The van der Waals surface area contributed by atoms with Gasteiger partial charge in [-0.1, -0.05) is 18.2 Å². The van der Waals surface area contributed by atoms with E-state index in [1.807, 2.05) is 44.2 Å². The lowest BCUT2D eigenvalue weighted by Gasteiger charge is -2.04. The number of hydrogen-bond donors (Lipinski definition) is 0. The molecule has 0 atom stereocenters. The van der Waals surface area contributed by atoms with Crippen LogP contribution in [0.4, 0.5) is 0 Å². The minimum absolute atomic E-state index is 0.310. The van der Waals surface area contributed by atoms with Gasteiger partial charge in [0.25, 0.3) is 0 Å². The average molecular weight is 244 g/mol. The molecule has 18 heavy (non-hydrogen) atoms. The van der Waals surface area contributed by atoms with Gasteiger partial charge in [-0.2, -0.15) is 5.10 Å². The summed E-state index contributed by atoms with van der Waals surface area (Å²) in [5.41, 5.74) is 2.99. The minimum Gasteiger partial charge on any atom is -0.462 e. The van der Waals surface area contributed by atoms with E-state index in [0.29, 0.717) is 17.9 Å². The van der Waals surface area contributed by atoms with E-state index >= 15 is 0 Å². The third-order valence-corrected chi connectivity index (χ3v) is 2.77. The number of hydrogen-bond acceptors (Lipinski definition) is 3. The lowest BCUT2D eigenvalue weighted by Crippen LogP contribution is -2.07. The van der Waals surface area contributed by atoms with Crippen molar-refractivity contribution in [1.29, 1.82) is 0 Å². The molecule has 0 N–H and O–H groups in total. The van der Waals surface area contributed by atoms with Gasteiger partial charge in [-0.3, -0.25) is 0 Å². The van der Waals surface area contributed by atoms with Crippen LogP contribution in [0.5, 0.6) is 0 Å². The molecule has 1 aromatic carbocycles. The molecule has 0 aliphatic heterocycles. The highest BCUT2D eigenvalue weighted by Crippen LogP contribution is 2.18. The van der Waals surface area contributed by atoms with Crippen molar-refractivity contribution >= 4 is 5.97 Å². The van der Waals surface area contributed by atoms with E-state index in [1.165, 1.54) is 0 Å². The summed E-state index contributed by atoms with van der Waals surface area (Å²) in [4.78, 5) is 11.9. The smallest absolute Gasteiger partial charge is 0.341 e. The molecular formula is C14H16N2O2.